The lowest BCUT2D eigenvalue weighted by Gasteiger charge is -2.35. The fourth-order valence-electron chi connectivity index (χ4n) is 2.47. The van der Waals surface area contributed by atoms with Crippen LogP contribution in [0.1, 0.15) is 19.3 Å². The van der Waals surface area contributed by atoms with Gasteiger partial charge in [0.25, 0.3) is 0 Å². The number of rotatable bonds is 2. The Morgan fingerprint density at radius 2 is 2.35 bits per heavy atom. The minimum atomic E-state index is 0.374. The Hall–Kier alpha value is -1.69. The summed E-state index contributed by atoms with van der Waals surface area (Å²) in [5.74, 6) is 0.903. The van der Waals surface area contributed by atoms with Gasteiger partial charge in [-0.3, -0.25) is 4.40 Å². The molecule has 3 rings (SSSR count). The molecule has 1 aliphatic heterocycles. The third-order valence-electron chi connectivity index (χ3n) is 3.37. The molecule has 1 unspecified atom stereocenters. The highest BCUT2D eigenvalue weighted by Crippen LogP contribution is 2.24. The van der Waals surface area contributed by atoms with Crippen molar-refractivity contribution in [3.63, 3.8) is 0 Å². The zero-order valence-electron chi connectivity index (χ0n) is 9.66. The molecule has 2 aromatic heterocycles. The average Bonchev–Trinajstić information content (AvgIpc) is 2.86. The molecule has 0 spiro atoms. The van der Waals surface area contributed by atoms with Crippen LogP contribution in [0.3, 0.4) is 0 Å². The Bertz CT molecular complexity index is 507. The van der Waals surface area contributed by atoms with E-state index in [1.807, 2.05) is 10.6 Å². The van der Waals surface area contributed by atoms with Gasteiger partial charge in [0.1, 0.15) is 6.33 Å². The maximum absolute atomic E-state index is 5.84. The summed E-state index contributed by atoms with van der Waals surface area (Å²) in [4.78, 5) is 6.72. The van der Waals surface area contributed by atoms with Crippen molar-refractivity contribution in [3.8, 4) is 0 Å². The zero-order valence-corrected chi connectivity index (χ0v) is 9.66. The fraction of sp³-hybridized carbons (Fsp3) is 0.545. The van der Waals surface area contributed by atoms with Crippen LogP contribution in [0, 0.1) is 0 Å². The van der Waals surface area contributed by atoms with E-state index in [0.29, 0.717) is 12.6 Å². The van der Waals surface area contributed by atoms with E-state index in [4.69, 9.17) is 5.73 Å². The predicted molar refractivity (Wildman–Crippen MR) is 64.8 cm³/mol. The molecule has 0 bridgehead atoms. The summed E-state index contributed by atoms with van der Waals surface area (Å²) in [7, 11) is 0. The lowest BCUT2D eigenvalue weighted by atomic mass is 10.0. The number of hydrogen-bond acceptors (Lipinski definition) is 5. The van der Waals surface area contributed by atoms with Crippen molar-refractivity contribution in [2.75, 3.05) is 18.0 Å². The molecule has 3 heterocycles. The van der Waals surface area contributed by atoms with Crippen LogP contribution >= 0.6 is 0 Å². The number of nitrogens with zero attached hydrogens (tertiary/aromatic N) is 5. The van der Waals surface area contributed by atoms with E-state index >= 15 is 0 Å². The molecule has 0 saturated carbocycles. The SMILES string of the molecule is NCC1CCCCN1c1nccn2cnnc12. The van der Waals surface area contributed by atoms with Crippen molar-refractivity contribution < 1.29 is 0 Å². The monoisotopic (exact) mass is 232 g/mol. The molecule has 2 aromatic rings. The van der Waals surface area contributed by atoms with Gasteiger partial charge in [0, 0.05) is 31.5 Å². The van der Waals surface area contributed by atoms with E-state index in [1.54, 1.807) is 12.5 Å². The van der Waals surface area contributed by atoms with Gasteiger partial charge in [0.15, 0.2) is 5.82 Å². The van der Waals surface area contributed by atoms with Crippen LogP contribution in [0.5, 0.6) is 0 Å². The molecule has 1 fully saturated rings. The largest absolute Gasteiger partial charge is 0.349 e. The Labute approximate surface area is 99.5 Å². The first-order valence-corrected chi connectivity index (χ1v) is 6.01. The molecular formula is C11H16N6. The average molecular weight is 232 g/mol. The molecule has 0 aliphatic carbocycles. The van der Waals surface area contributed by atoms with Gasteiger partial charge in [-0.1, -0.05) is 0 Å². The molecule has 90 valence electrons. The summed E-state index contributed by atoms with van der Waals surface area (Å²) in [6.07, 6.45) is 8.91. The van der Waals surface area contributed by atoms with E-state index in [9.17, 15) is 0 Å². The van der Waals surface area contributed by atoms with Gasteiger partial charge in [-0.2, -0.15) is 0 Å². The molecule has 1 aliphatic rings. The van der Waals surface area contributed by atoms with Crippen LogP contribution in [-0.4, -0.2) is 38.7 Å². The first kappa shape index (κ1) is 10.5. The lowest BCUT2D eigenvalue weighted by molar-refractivity contribution is 0.462. The van der Waals surface area contributed by atoms with Crippen LogP contribution in [0.4, 0.5) is 5.82 Å². The summed E-state index contributed by atoms with van der Waals surface area (Å²) in [5.41, 5.74) is 6.65. The Morgan fingerprint density at radius 3 is 3.24 bits per heavy atom. The highest BCUT2D eigenvalue weighted by Gasteiger charge is 2.24. The standard InChI is InChI=1S/C11H16N6/c12-7-9-3-1-2-5-17(9)10-11-15-14-8-16(11)6-4-13-10/h4,6,8-9H,1-3,5,7,12H2. The van der Waals surface area contributed by atoms with Crippen molar-refractivity contribution in [2.45, 2.75) is 25.3 Å². The van der Waals surface area contributed by atoms with Crippen LogP contribution in [0.15, 0.2) is 18.7 Å². The van der Waals surface area contributed by atoms with Gasteiger partial charge in [-0.05, 0) is 19.3 Å². The molecule has 6 heteroatoms. The molecule has 0 aromatic carbocycles. The minimum Gasteiger partial charge on any atom is -0.349 e. The van der Waals surface area contributed by atoms with Gasteiger partial charge < -0.3 is 10.6 Å². The first-order chi connectivity index (χ1) is 8.40. The summed E-state index contributed by atoms with van der Waals surface area (Å²) in [6.45, 7) is 1.66. The quantitative estimate of drug-likeness (QED) is 0.813. The predicted octanol–water partition coefficient (Wildman–Crippen LogP) is 0.442. The van der Waals surface area contributed by atoms with Gasteiger partial charge in [0.2, 0.25) is 5.65 Å². The van der Waals surface area contributed by atoms with E-state index in [-0.39, 0.29) is 0 Å². The summed E-state index contributed by atoms with van der Waals surface area (Å²) < 4.78 is 1.89. The summed E-state index contributed by atoms with van der Waals surface area (Å²) in [5, 5.41) is 8.05. The first-order valence-electron chi connectivity index (χ1n) is 6.01. The number of piperidine rings is 1. The van der Waals surface area contributed by atoms with Crippen molar-refractivity contribution in [3.05, 3.63) is 18.7 Å². The van der Waals surface area contributed by atoms with Gasteiger partial charge >= 0.3 is 0 Å². The molecule has 17 heavy (non-hydrogen) atoms. The van der Waals surface area contributed by atoms with Crippen molar-refractivity contribution in [2.24, 2.45) is 5.73 Å². The third-order valence-corrected chi connectivity index (χ3v) is 3.37. The van der Waals surface area contributed by atoms with Gasteiger partial charge in [0.05, 0.1) is 0 Å². The number of nitrogens with two attached hydrogens (primary N) is 1. The van der Waals surface area contributed by atoms with Crippen molar-refractivity contribution >= 4 is 11.5 Å². The highest BCUT2D eigenvalue weighted by molar-refractivity contribution is 5.63. The second-order valence-electron chi connectivity index (χ2n) is 4.39. The van der Waals surface area contributed by atoms with Crippen LogP contribution < -0.4 is 10.6 Å². The second kappa shape index (κ2) is 4.29. The van der Waals surface area contributed by atoms with Crippen molar-refractivity contribution in [1.29, 1.82) is 0 Å². The smallest absolute Gasteiger partial charge is 0.203 e. The molecule has 0 amide bonds. The van der Waals surface area contributed by atoms with E-state index < -0.39 is 0 Å². The molecule has 1 saturated heterocycles. The zero-order chi connectivity index (χ0) is 11.7. The highest BCUT2D eigenvalue weighted by atomic mass is 15.3. The Morgan fingerprint density at radius 1 is 1.41 bits per heavy atom. The van der Waals surface area contributed by atoms with Crippen LogP contribution in [0.2, 0.25) is 0 Å². The normalized spacial score (nSPS) is 21.0. The third kappa shape index (κ3) is 1.74. The summed E-state index contributed by atoms with van der Waals surface area (Å²) in [6, 6.07) is 0.374. The molecule has 1 atom stereocenters. The topological polar surface area (TPSA) is 72.3 Å². The number of hydrogen-bond donors (Lipinski definition) is 1. The molecular weight excluding hydrogens is 216 g/mol. The van der Waals surface area contributed by atoms with Crippen molar-refractivity contribution in [1.82, 2.24) is 19.6 Å². The second-order valence-corrected chi connectivity index (χ2v) is 4.39. The maximum atomic E-state index is 5.84. The van der Waals surface area contributed by atoms with Crippen LogP contribution in [-0.2, 0) is 0 Å². The number of anilines is 1. The lowest BCUT2D eigenvalue weighted by Crippen LogP contribution is -2.44. The molecule has 0 radical (unpaired) electrons. The van der Waals surface area contributed by atoms with Crippen LogP contribution in [0.25, 0.3) is 5.65 Å². The van der Waals surface area contributed by atoms with E-state index in [2.05, 4.69) is 20.1 Å². The van der Waals surface area contributed by atoms with Gasteiger partial charge in [-0.15, -0.1) is 10.2 Å². The fourth-order valence-corrected chi connectivity index (χ4v) is 2.47. The summed E-state index contributed by atoms with van der Waals surface area (Å²) >= 11 is 0. The number of fused-ring (bicyclic) bond motifs is 1. The minimum absolute atomic E-state index is 0.374. The number of aromatic nitrogens is 4. The van der Waals surface area contributed by atoms with E-state index in [1.165, 1.54) is 12.8 Å². The maximum Gasteiger partial charge on any atom is 0.203 e. The Kier molecular flexibility index (Phi) is 2.64. The molecule has 6 nitrogen and oxygen atoms in total. The Balaban J connectivity index is 2.04. The van der Waals surface area contributed by atoms with Gasteiger partial charge in [-0.25, -0.2) is 4.98 Å². The molecule has 2 N–H and O–H groups in total. The van der Waals surface area contributed by atoms with E-state index in [0.717, 1.165) is 24.4 Å².